The molecule has 106 valence electrons. The van der Waals surface area contributed by atoms with Crippen molar-refractivity contribution in [3.8, 4) is 0 Å². The Kier molecular flexibility index (Phi) is 4.96. The number of aryl methyl sites for hydroxylation is 1. The number of aromatic nitrogens is 1. The van der Waals surface area contributed by atoms with Crippen LogP contribution in [0.5, 0.6) is 0 Å². The van der Waals surface area contributed by atoms with Gasteiger partial charge in [0, 0.05) is 13.1 Å². The normalized spacial score (nSPS) is 11.2. The average molecular weight is 276 g/mol. The van der Waals surface area contributed by atoms with Crippen LogP contribution >= 0.6 is 0 Å². The molecule has 0 aliphatic heterocycles. The summed E-state index contributed by atoms with van der Waals surface area (Å²) < 4.78 is 35.6. The van der Waals surface area contributed by atoms with Gasteiger partial charge in [-0.3, -0.25) is 4.79 Å². The number of alkyl halides is 3. The number of nitrogen functional groups attached to an aromatic ring is 1. The van der Waals surface area contributed by atoms with Crippen molar-refractivity contribution in [2.75, 3.05) is 24.1 Å². The minimum atomic E-state index is -4.83. The van der Waals surface area contributed by atoms with E-state index in [0.29, 0.717) is 30.2 Å². The molecule has 0 saturated heterocycles. The lowest BCUT2D eigenvalue weighted by molar-refractivity contribution is -0.173. The smallest absolute Gasteiger partial charge is 0.397 e. The summed E-state index contributed by atoms with van der Waals surface area (Å²) in [6, 6.07) is 3.37. The van der Waals surface area contributed by atoms with Gasteiger partial charge in [0.05, 0.1) is 11.4 Å². The van der Waals surface area contributed by atoms with E-state index >= 15 is 0 Å². The second-order valence-corrected chi connectivity index (χ2v) is 3.91. The summed E-state index contributed by atoms with van der Waals surface area (Å²) in [4.78, 5) is 14.6. The van der Waals surface area contributed by atoms with Crippen LogP contribution < -0.4 is 16.4 Å². The Balaban J connectivity index is 2.24. The van der Waals surface area contributed by atoms with E-state index in [4.69, 9.17) is 5.73 Å². The van der Waals surface area contributed by atoms with Gasteiger partial charge in [-0.1, -0.05) is 0 Å². The van der Waals surface area contributed by atoms with Gasteiger partial charge in [0.25, 0.3) is 0 Å². The number of amides is 1. The predicted octanol–water partition coefficient (Wildman–Crippen LogP) is 1.45. The van der Waals surface area contributed by atoms with Gasteiger partial charge in [-0.15, -0.1) is 0 Å². The molecule has 0 aromatic carbocycles. The highest BCUT2D eigenvalue weighted by Gasteiger charge is 2.38. The second kappa shape index (κ2) is 6.26. The zero-order chi connectivity index (χ0) is 14.5. The Morgan fingerprint density at radius 1 is 1.37 bits per heavy atom. The molecule has 19 heavy (non-hydrogen) atoms. The van der Waals surface area contributed by atoms with Crippen molar-refractivity contribution in [3.63, 3.8) is 0 Å². The van der Waals surface area contributed by atoms with Gasteiger partial charge in [0.2, 0.25) is 0 Å². The van der Waals surface area contributed by atoms with Crippen LogP contribution in [0.1, 0.15) is 12.1 Å². The second-order valence-electron chi connectivity index (χ2n) is 3.91. The van der Waals surface area contributed by atoms with Crippen molar-refractivity contribution in [3.05, 3.63) is 17.8 Å². The minimum absolute atomic E-state index is 0.0563. The maximum Gasteiger partial charge on any atom is 0.471 e. The molecule has 0 aliphatic carbocycles. The van der Waals surface area contributed by atoms with Crippen molar-refractivity contribution in [1.82, 2.24) is 10.3 Å². The summed E-state index contributed by atoms with van der Waals surface area (Å²) in [5.74, 6) is -1.33. The van der Waals surface area contributed by atoms with Gasteiger partial charge in [0.15, 0.2) is 0 Å². The first-order valence-electron chi connectivity index (χ1n) is 5.62. The molecule has 0 radical (unpaired) electrons. The molecule has 1 aromatic rings. The maximum absolute atomic E-state index is 11.9. The minimum Gasteiger partial charge on any atom is -0.397 e. The van der Waals surface area contributed by atoms with E-state index in [9.17, 15) is 18.0 Å². The first-order chi connectivity index (χ1) is 8.80. The summed E-state index contributed by atoms with van der Waals surface area (Å²) in [5.41, 5.74) is 6.84. The monoisotopic (exact) mass is 276 g/mol. The van der Waals surface area contributed by atoms with Gasteiger partial charge in [-0.2, -0.15) is 13.2 Å². The zero-order valence-corrected chi connectivity index (χ0v) is 10.3. The third-order valence-electron chi connectivity index (χ3n) is 2.33. The number of nitrogens with two attached hydrogens (primary N) is 1. The van der Waals surface area contributed by atoms with Gasteiger partial charge < -0.3 is 16.4 Å². The summed E-state index contributed by atoms with van der Waals surface area (Å²) in [5, 5.41) is 4.71. The Hall–Kier alpha value is -1.99. The standard InChI is InChI=1S/C11H15F3N4O/c1-7-8(15)3-4-9(18-7)16-5-2-6-17-10(19)11(12,13)14/h3-4H,2,5-6,15H2,1H3,(H,16,18)(H,17,19). The van der Waals surface area contributed by atoms with Crippen LogP contribution in [0.25, 0.3) is 0 Å². The van der Waals surface area contributed by atoms with Crippen LogP contribution in [-0.4, -0.2) is 30.2 Å². The van der Waals surface area contributed by atoms with Crippen LogP contribution in [0.3, 0.4) is 0 Å². The number of halogens is 3. The molecule has 0 fully saturated rings. The molecule has 0 unspecified atom stereocenters. The summed E-state index contributed by atoms with van der Waals surface area (Å²) in [7, 11) is 0. The quantitative estimate of drug-likeness (QED) is 0.711. The number of hydrogen-bond acceptors (Lipinski definition) is 4. The van der Waals surface area contributed by atoms with E-state index in [1.165, 1.54) is 0 Å². The molecule has 0 saturated carbocycles. The highest BCUT2D eigenvalue weighted by molar-refractivity contribution is 5.81. The van der Waals surface area contributed by atoms with Crippen molar-refractivity contribution >= 4 is 17.4 Å². The van der Waals surface area contributed by atoms with Crippen LogP contribution in [0.4, 0.5) is 24.7 Å². The Morgan fingerprint density at radius 3 is 2.63 bits per heavy atom. The summed E-state index contributed by atoms with van der Waals surface area (Å²) >= 11 is 0. The molecule has 0 spiro atoms. The molecule has 1 amide bonds. The van der Waals surface area contributed by atoms with Gasteiger partial charge in [-0.25, -0.2) is 4.98 Å². The number of carbonyl (C=O) groups excluding carboxylic acids is 1. The zero-order valence-electron chi connectivity index (χ0n) is 10.3. The topological polar surface area (TPSA) is 80.0 Å². The lowest BCUT2D eigenvalue weighted by Gasteiger charge is -2.09. The van der Waals surface area contributed by atoms with E-state index in [1.807, 2.05) is 0 Å². The first kappa shape index (κ1) is 15.1. The molecule has 1 rings (SSSR count). The predicted molar refractivity (Wildman–Crippen MR) is 65.6 cm³/mol. The van der Waals surface area contributed by atoms with E-state index in [0.717, 1.165) is 0 Å². The van der Waals surface area contributed by atoms with Crippen molar-refractivity contribution in [2.24, 2.45) is 0 Å². The molecule has 1 heterocycles. The largest absolute Gasteiger partial charge is 0.471 e. The van der Waals surface area contributed by atoms with E-state index in [2.05, 4.69) is 10.3 Å². The number of carbonyl (C=O) groups is 1. The molecular formula is C11H15F3N4O. The van der Waals surface area contributed by atoms with Gasteiger partial charge >= 0.3 is 12.1 Å². The van der Waals surface area contributed by atoms with Crippen molar-refractivity contribution in [1.29, 1.82) is 0 Å². The first-order valence-corrected chi connectivity index (χ1v) is 5.62. The number of anilines is 2. The summed E-state index contributed by atoms with van der Waals surface area (Å²) in [6.07, 6.45) is -4.48. The van der Waals surface area contributed by atoms with Gasteiger partial charge in [-0.05, 0) is 25.5 Å². The van der Waals surface area contributed by atoms with Crippen LogP contribution in [-0.2, 0) is 4.79 Å². The number of nitrogens with one attached hydrogen (secondary N) is 2. The lowest BCUT2D eigenvalue weighted by atomic mass is 10.3. The lowest BCUT2D eigenvalue weighted by Crippen LogP contribution is -2.37. The highest BCUT2D eigenvalue weighted by Crippen LogP contribution is 2.14. The molecule has 1 aromatic heterocycles. The van der Waals surface area contributed by atoms with E-state index in [1.54, 1.807) is 24.4 Å². The van der Waals surface area contributed by atoms with Crippen LogP contribution in [0.2, 0.25) is 0 Å². The third-order valence-corrected chi connectivity index (χ3v) is 2.33. The van der Waals surface area contributed by atoms with Crippen molar-refractivity contribution in [2.45, 2.75) is 19.5 Å². The average Bonchev–Trinajstić information content (AvgIpc) is 2.31. The molecule has 4 N–H and O–H groups in total. The fourth-order valence-electron chi connectivity index (χ4n) is 1.28. The van der Waals surface area contributed by atoms with E-state index in [-0.39, 0.29) is 6.54 Å². The molecule has 0 aliphatic rings. The Bertz CT molecular complexity index is 448. The number of pyridine rings is 1. The summed E-state index contributed by atoms with van der Waals surface area (Å²) in [6.45, 7) is 2.10. The fraction of sp³-hybridized carbons (Fsp3) is 0.455. The third kappa shape index (κ3) is 5.02. The number of rotatable bonds is 5. The fourth-order valence-corrected chi connectivity index (χ4v) is 1.28. The molecule has 0 bridgehead atoms. The number of nitrogens with zero attached hydrogens (tertiary/aromatic N) is 1. The van der Waals surface area contributed by atoms with Gasteiger partial charge in [0.1, 0.15) is 5.82 Å². The molecular weight excluding hydrogens is 261 g/mol. The molecule has 5 nitrogen and oxygen atoms in total. The Morgan fingerprint density at radius 2 is 2.05 bits per heavy atom. The maximum atomic E-state index is 11.9. The van der Waals surface area contributed by atoms with Crippen LogP contribution in [0.15, 0.2) is 12.1 Å². The Labute approximate surface area is 108 Å². The van der Waals surface area contributed by atoms with Crippen molar-refractivity contribution < 1.29 is 18.0 Å². The number of hydrogen-bond donors (Lipinski definition) is 3. The SMILES string of the molecule is Cc1nc(NCCCNC(=O)C(F)(F)F)ccc1N. The molecule has 8 heteroatoms. The van der Waals surface area contributed by atoms with Crippen LogP contribution in [0, 0.1) is 6.92 Å². The highest BCUT2D eigenvalue weighted by atomic mass is 19.4. The molecule has 0 atom stereocenters. The van der Waals surface area contributed by atoms with E-state index < -0.39 is 12.1 Å².